The van der Waals surface area contributed by atoms with Crippen molar-refractivity contribution in [2.24, 2.45) is 0 Å². The van der Waals surface area contributed by atoms with E-state index in [4.69, 9.17) is 9.60 Å². The van der Waals surface area contributed by atoms with Gasteiger partial charge in [-0.1, -0.05) is 6.85 Å². The summed E-state index contributed by atoms with van der Waals surface area (Å²) in [5.74, 6) is 0. The zero-order valence-corrected chi connectivity index (χ0v) is 3.95. The van der Waals surface area contributed by atoms with Gasteiger partial charge in [0.15, 0.2) is 0 Å². The highest BCUT2D eigenvalue weighted by Gasteiger charge is 1.89. The van der Waals surface area contributed by atoms with Gasteiger partial charge < -0.3 is 4.74 Å². The SMILES string of the molecule is [2H]C([2H])([2H])C([2H])([2H])C([2H])([2H])OC(=O)Cl. The van der Waals surface area contributed by atoms with Gasteiger partial charge in [-0.15, -0.1) is 0 Å². The molecule has 0 atom stereocenters. The van der Waals surface area contributed by atoms with Crippen molar-refractivity contribution in [3.05, 3.63) is 0 Å². The minimum atomic E-state index is -3.33. The highest BCUT2D eigenvalue weighted by molar-refractivity contribution is 6.61. The van der Waals surface area contributed by atoms with E-state index in [1.54, 1.807) is 0 Å². The van der Waals surface area contributed by atoms with Crippen molar-refractivity contribution in [2.75, 3.05) is 6.56 Å². The minimum absolute atomic E-state index is 1.61. The van der Waals surface area contributed by atoms with E-state index in [1.807, 2.05) is 0 Å². The van der Waals surface area contributed by atoms with Crippen molar-refractivity contribution in [2.45, 2.75) is 13.2 Å². The molecular formula is C4H7ClO2. The summed E-state index contributed by atoms with van der Waals surface area (Å²) in [5.41, 5.74) is -1.61. The molecule has 0 bridgehead atoms. The Morgan fingerprint density at radius 2 is 3.00 bits per heavy atom. The Labute approximate surface area is 57.2 Å². The smallest absolute Gasteiger partial charge is 0.403 e. The van der Waals surface area contributed by atoms with E-state index in [-0.39, 0.29) is 0 Å². The molecule has 0 aromatic heterocycles. The number of hydrogen-bond acceptors (Lipinski definition) is 2. The third-order valence-electron chi connectivity index (χ3n) is 0.182. The molecule has 42 valence electrons. The lowest BCUT2D eigenvalue weighted by Crippen LogP contribution is -1.93. The highest BCUT2D eigenvalue weighted by atomic mass is 35.5. The fourth-order valence-electron chi connectivity index (χ4n) is 0.0656. The molecule has 0 aliphatic rings. The Morgan fingerprint density at radius 3 is 3.43 bits per heavy atom. The van der Waals surface area contributed by atoms with Crippen molar-refractivity contribution in [1.29, 1.82) is 0 Å². The molecule has 7 heavy (non-hydrogen) atoms. The molecule has 0 radical (unpaired) electrons. The number of rotatable bonds is 2. The van der Waals surface area contributed by atoms with Crippen LogP contribution >= 0.6 is 11.6 Å². The Bertz CT molecular complexity index is 234. The second-order valence-electron chi connectivity index (χ2n) is 0.567. The molecule has 0 aliphatic carbocycles. The quantitative estimate of drug-likeness (QED) is 0.532. The van der Waals surface area contributed by atoms with E-state index in [9.17, 15) is 4.79 Å². The van der Waals surface area contributed by atoms with Gasteiger partial charge >= 0.3 is 5.43 Å². The van der Waals surface area contributed by atoms with Gasteiger partial charge in [0.25, 0.3) is 0 Å². The average Bonchev–Trinajstić information content (AvgIpc) is 1.80. The van der Waals surface area contributed by atoms with Crippen LogP contribution < -0.4 is 0 Å². The van der Waals surface area contributed by atoms with Crippen molar-refractivity contribution >= 4 is 17.0 Å². The van der Waals surface area contributed by atoms with E-state index in [0.29, 0.717) is 0 Å². The van der Waals surface area contributed by atoms with Gasteiger partial charge in [0.2, 0.25) is 0 Å². The molecule has 0 rings (SSSR count). The van der Waals surface area contributed by atoms with Crippen LogP contribution in [0.2, 0.25) is 0 Å². The van der Waals surface area contributed by atoms with Gasteiger partial charge in [0, 0.05) is 18.5 Å². The minimum Gasteiger partial charge on any atom is -0.454 e. The summed E-state index contributed by atoms with van der Waals surface area (Å²) >= 11 is 4.67. The number of halogens is 1. The van der Waals surface area contributed by atoms with Crippen molar-refractivity contribution in [3.8, 4) is 0 Å². The average molecular weight is 130 g/mol. The van der Waals surface area contributed by atoms with Crippen molar-refractivity contribution < 1.29 is 19.1 Å². The fraction of sp³-hybridized carbons (Fsp3) is 0.750. The van der Waals surface area contributed by atoms with Crippen LogP contribution in [0.25, 0.3) is 0 Å². The molecule has 0 amide bonds. The molecule has 0 aromatic rings. The molecule has 0 fully saturated rings. The molecule has 0 N–H and O–H groups in total. The largest absolute Gasteiger partial charge is 0.454 e. The van der Waals surface area contributed by atoms with E-state index in [0.717, 1.165) is 0 Å². The first-order chi connectivity index (χ1) is 5.92. The maximum atomic E-state index is 10.2. The zero-order chi connectivity index (χ0) is 11.8. The summed E-state index contributed by atoms with van der Waals surface area (Å²) in [4.78, 5) is 10.2. The maximum Gasteiger partial charge on any atom is 0.403 e. The lowest BCUT2D eigenvalue weighted by atomic mass is 10.5. The van der Waals surface area contributed by atoms with Crippen LogP contribution in [0.5, 0.6) is 0 Å². The summed E-state index contributed by atoms with van der Waals surface area (Å²) in [6, 6.07) is 0. The molecule has 0 unspecified atom stereocenters. The van der Waals surface area contributed by atoms with Crippen LogP contribution in [-0.2, 0) is 4.74 Å². The van der Waals surface area contributed by atoms with Crippen LogP contribution in [0.1, 0.15) is 22.8 Å². The molecule has 2 nitrogen and oxygen atoms in total. The Hall–Kier alpha value is -0.240. The summed E-state index contributed by atoms with van der Waals surface area (Å²) < 4.78 is 51.7. The molecule has 0 heterocycles. The Morgan fingerprint density at radius 1 is 2.29 bits per heavy atom. The molecular weight excluding hydrogens is 115 g/mol. The van der Waals surface area contributed by atoms with Crippen LogP contribution in [-0.4, -0.2) is 12.0 Å². The molecule has 0 saturated heterocycles. The third-order valence-corrected chi connectivity index (χ3v) is 0.259. The molecule has 3 heteroatoms. The normalized spacial score (nSPS) is 29.0. The van der Waals surface area contributed by atoms with Crippen LogP contribution in [0.4, 0.5) is 4.79 Å². The summed E-state index contributed by atoms with van der Waals surface area (Å²) in [6.45, 7) is -6.57. The molecule has 0 aliphatic heterocycles. The van der Waals surface area contributed by atoms with E-state index >= 15 is 0 Å². The first-order valence-electron chi connectivity index (χ1n) is 4.80. The van der Waals surface area contributed by atoms with Crippen LogP contribution in [0.3, 0.4) is 0 Å². The third kappa shape index (κ3) is 5.76. The van der Waals surface area contributed by atoms with Gasteiger partial charge in [-0.3, -0.25) is 0 Å². The summed E-state index contributed by atoms with van der Waals surface area (Å²) in [5, 5.41) is 0. The second kappa shape index (κ2) is 3.93. The lowest BCUT2D eigenvalue weighted by molar-refractivity contribution is 0.173. The monoisotopic (exact) mass is 129 g/mol. The first-order valence-corrected chi connectivity index (χ1v) is 1.68. The number of ether oxygens (including phenoxy) is 1. The predicted molar refractivity (Wildman–Crippen MR) is 27.5 cm³/mol. The molecule has 0 saturated carbocycles. The fourth-order valence-corrected chi connectivity index (χ4v) is 0.104. The molecule has 0 aromatic carbocycles. The topological polar surface area (TPSA) is 26.3 Å². The van der Waals surface area contributed by atoms with Crippen molar-refractivity contribution in [1.82, 2.24) is 0 Å². The van der Waals surface area contributed by atoms with E-state index in [1.165, 1.54) is 0 Å². The van der Waals surface area contributed by atoms with E-state index < -0.39 is 25.2 Å². The second-order valence-corrected chi connectivity index (χ2v) is 0.875. The van der Waals surface area contributed by atoms with Crippen LogP contribution in [0.15, 0.2) is 0 Å². The number of carbonyl (C=O) groups is 1. The number of carbonyl (C=O) groups excluding carboxylic acids is 1. The zero-order valence-electron chi connectivity index (χ0n) is 10.2. The van der Waals surface area contributed by atoms with Gasteiger partial charge in [-0.25, -0.2) is 4.79 Å². The Balaban J connectivity index is 4.97. The number of hydrogen-bond donors (Lipinski definition) is 0. The van der Waals surface area contributed by atoms with E-state index in [2.05, 4.69) is 16.3 Å². The standard InChI is InChI=1S/C4H7ClO2/c1-2-3-7-4(5)6/h2-3H2,1H3/i1D3,2D2,3D2. The molecule has 0 spiro atoms. The summed E-state index contributed by atoms with van der Waals surface area (Å²) in [7, 11) is 0. The van der Waals surface area contributed by atoms with Gasteiger partial charge in [-0.05, 0) is 6.37 Å². The maximum absolute atomic E-state index is 10.2. The summed E-state index contributed by atoms with van der Waals surface area (Å²) in [6.07, 6.45) is -3.33. The van der Waals surface area contributed by atoms with Gasteiger partial charge in [-0.2, -0.15) is 0 Å². The highest BCUT2D eigenvalue weighted by Crippen LogP contribution is 1.86. The van der Waals surface area contributed by atoms with Crippen molar-refractivity contribution in [3.63, 3.8) is 0 Å². The van der Waals surface area contributed by atoms with Gasteiger partial charge in [0.05, 0.1) is 9.30 Å². The first kappa shape index (κ1) is 1.38. The van der Waals surface area contributed by atoms with Crippen LogP contribution in [0, 0.1) is 0 Å². The predicted octanol–water partition coefficient (Wildman–Crippen LogP) is 1.77. The van der Waals surface area contributed by atoms with Gasteiger partial charge in [0.1, 0.15) is 0 Å². The lowest BCUT2D eigenvalue weighted by Gasteiger charge is -1.91. The Kier molecular flexibility index (Phi) is 0.774.